The van der Waals surface area contributed by atoms with Crippen LogP contribution in [0.1, 0.15) is 17.3 Å². The fraction of sp³-hybridized carbons (Fsp3) is 0.0192. The van der Waals surface area contributed by atoms with Gasteiger partial charge in [0.2, 0.25) is 0 Å². The van der Waals surface area contributed by atoms with E-state index in [4.69, 9.17) is 4.99 Å². The summed E-state index contributed by atoms with van der Waals surface area (Å²) in [4.78, 5) is 5.59. The van der Waals surface area contributed by atoms with E-state index >= 15 is 0 Å². The zero-order valence-electron chi connectivity index (χ0n) is 30.4. The number of para-hydroxylation sites is 3. The number of aliphatic imine (C=N–C) groups is 1. The van der Waals surface area contributed by atoms with Gasteiger partial charge in [-0.1, -0.05) is 133 Å². The van der Waals surface area contributed by atoms with Crippen molar-refractivity contribution in [2.24, 2.45) is 4.99 Å². The van der Waals surface area contributed by atoms with Gasteiger partial charge in [0.25, 0.3) is 0 Å². The highest BCUT2D eigenvalue weighted by Crippen LogP contribution is 2.41. The van der Waals surface area contributed by atoms with Crippen LogP contribution in [0.3, 0.4) is 0 Å². The highest BCUT2D eigenvalue weighted by molar-refractivity contribution is 6.22. The molecule has 11 aromatic rings. The van der Waals surface area contributed by atoms with E-state index in [2.05, 4.69) is 209 Å². The monoisotopic (exact) mass is 714 g/mol. The van der Waals surface area contributed by atoms with Crippen molar-refractivity contribution in [3.63, 3.8) is 0 Å². The van der Waals surface area contributed by atoms with Crippen LogP contribution in [-0.2, 0) is 0 Å². The average molecular weight is 715 g/mol. The minimum Gasteiger partial charge on any atom is -0.359 e. The number of fused-ring (bicyclic) bond motifs is 10. The normalized spacial score (nSPS) is 14.1. The maximum absolute atomic E-state index is 5.59. The number of hydrogen-bond acceptors (Lipinski definition) is 2. The van der Waals surface area contributed by atoms with Crippen molar-refractivity contribution in [3.8, 4) is 16.8 Å². The first-order valence-electron chi connectivity index (χ1n) is 19.2. The average Bonchev–Trinajstić information content (AvgIpc) is 3.78. The molecule has 2 aromatic heterocycles. The number of anilines is 1. The summed E-state index contributed by atoms with van der Waals surface area (Å²) < 4.78 is 4.75. The summed E-state index contributed by atoms with van der Waals surface area (Å²) in [6.07, 6.45) is -0.270. The SMILES string of the molecule is c1ccc(-n2c3ccccc3c3cc(-c4ccc5c(c4)c4ccccc4n5C4=NC(c5ccc6ccccc6c5)Nc5c4ccc4ccccc54)ccc32)cc1. The van der Waals surface area contributed by atoms with Crippen LogP contribution in [0, 0.1) is 0 Å². The number of rotatable bonds is 3. The highest BCUT2D eigenvalue weighted by atomic mass is 15.2. The Morgan fingerprint density at radius 2 is 0.946 bits per heavy atom. The third-order valence-electron chi connectivity index (χ3n) is 11.7. The van der Waals surface area contributed by atoms with Crippen LogP contribution in [0.15, 0.2) is 199 Å². The molecular formula is C52H34N4. The molecule has 0 saturated carbocycles. The molecule has 1 N–H and O–H groups in total. The summed E-state index contributed by atoms with van der Waals surface area (Å²) in [5.41, 5.74) is 11.6. The lowest BCUT2D eigenvalue weighted by atomic mass is 9.99. The van der Waals surface area contributed by atoms with E-state index in [1.54, 1.807) is 0 Å². The molecule has 0 radical (unpaired) electrons. The van der Waals surface area contributed by atoms with E-state index in [9.17, 15) is 0 Å². The summed E-state index contributed by atoms with van der Waals surface area (Å²) in [7, 11) is 0. The van der Waals surface area contributed by atoms with E-state index in [1.165, 1.54) is 70.9 Å². The first kappa shape index (κ1) is 31.0. The second-order valence-corrected chi connectivity index (χ2v) is 14.8. The summed E-state index contributed by atoms with van der Waals surface area (Å²) in [5.74, 6) is 0.941. The van der Waals surface area contributed by atoms with Gasteiger partial charge in [-0.25, -0.2) is 4.99 Å². The summed E-state index contributed by atoms with van der Waals surface area (Å²) in [6, 6.07) is 70.3. The van der Waals surface area contributed by atoms with Crippen LogP contribution in [0.4, 0.5) is 5.69 Å². The third kappa shape index (κ3) is 4.63. The molecule has 1 atom stereocenters. The molecular weight excluding hydrogens is 681 g/mol. The zero-order valence-corrected chi connectivity index (χ0v) is 30.4. The molecule has 0 saturated heterocycles. The maximum Gasteiger partial charge on any atom is 0.147 e. The zero-order chi connectivity index (χ0) is 36.7. The second-order valence-electron chi connectivity index (χ2n) is 14.8. The molecule has 262 valence electrons. The summed E-state index contributed by atoms with van der Waals surface area (Å²) in [5, 5.41) is 13.6. The van der Waals surface area contributed by atoms with Crippen LogP contribution < -0.4 is 5.32 Å². The lowest BCUT2D eigenvalue weighted by Gasteiger charge is -2.28. The number of nitrogens with zero attached hydrogens (tertiary/aromatic N) is 3. The Bertz CT molecular complexity index is 3400. The predicted octanol–water partition coefficient (Wildman–Crippen LogP) is 13.3. The molecule has 12 rings (SSSR count). The van der Waals surface area contributed by atoms with Gasteiger partial charge in [0.1, 0.15) is 12.0 Å². The van der Waals surface area contributed by atoms with Crippen molar-refractivity contribution < 1.29 is 0 Å². The highest BCUT2D eigenvalue weighted by Gasteiger charge is 2.27. The molecule has 1 unspecified atom stereocenters. The van der Waals surface area contributed by atoms with Gasteiger partial charge < -0.3 is 9.88 Å². The quantitative estimate of drug-likeness (QED) is 0.194. The molecule has 0 amide bonds. The molecule has 0 spiro atoms. The topological polar surface area (TPSA) is 34.2 Å². The Hall–Kier alpha value is -7.43. The first-order valence-corrected chi connectivity index (χ1v) is 19.2. The number of nitrogens with one attached hydrogen (secondary N) is 1. The molecule has 0 bridgehead atoms. The minimum atomic E-state index is -0.270. The van der Waals surface area contributed by atoms with Crippen LogP contribution in [0.25, 0.3) is 82.0 Å². The standard InChI is InChI=1S/C52H34N4/c1-2-15-39(16-3-1)55-46-20-10-8-18-41(46)44-31-36(25-28-48(44)55)37-26-29-49-45(32-37)42-19-9-11-21-47(42)56(49)52-43-27-24-34-13-6-7-17-40(34)50(43)53-51(54-52)38-23-22-33-12-4-5-14-35(33)30-38/h1-32,51,53H. The molecule has 9 aromatic carbocycles. The van der Waals surface area contributed by atoms with E-state index in [0.29, 0.717) is 0 Å². The Balaban J connectivity index is 1.06. The molecule has 0 fully saturated rings. The molecule has 3 heterocycles. The van der Waals surface area contributed by atoms with Gasteiger partial charge in [-0.2, -0.15) is 0 Å². The van der Waals surface area contributed by atoms with E-state index < -0.39 is 0 Å². The first-order chi connectivity index (χ1) is 27.8. The Morgan fingerprint density at radius 1 is 0.393 bits per heavy atom. The number of benzene rings is 9. The van der Waals surface area contributed by atoms with Crippen LogP contribution in [0.2, 0.25) is 0 Å². The fourth-order valence-electron chi connectivity index (χ4n) is 9.08. The van der Waals surface area contributed by atoms with Crippen molar-refractivity contribution in [2.45, 2.75) is 6.17 Å². The van der Waals surface area contributed by atoms with Crippen LogP contribution >= 0.6 is 0 Å². The molecule has 0 aliphatic carbocycles. The number of aromatic nitrogens is 2. The number of hydrogen-bond donors (Lipinski definition) is 1. The third-order valence-corrected chi connectivity index (χ3v) is 11.7. The van der Waals surface area contributed by atoms with Crippen LogP contribution in [-0.4, -0.2) is 15.0 Å². The van der Waals surface area contributed by atoms with Gasteiger partial charge in [0, 0.05) is 38.2 Å². The Kier molecular flexibility index (Phi) is 6.66. The second kappa shape index (κ2) is 12.0. The van der Waals surface area contributed by atoms with Crippen molar-refractivity contribution in [2.75, 3.05) is 5.32 Å². The Labute approximate surface area is 323 Å². The lowest BCUT2D eigenvalue weighted by Crippen LogP contribution is -2.25. The van der Waals surface area contributed by atoms with Gasteiger partial charge in [0.05, 0.1) is 27.8 Å². The van der Waals surface area contributed by atoms with Crippen molar-refractivity contribution >= 4 is 76.7 Å². The fourth-order valence-corrected chi connectivity index (χ4v) is 9.08. The predicted molar refractivity (Wildman–Crippen MR) is 235 cm³/mol. The molecule has 1 aliphatic heterocycles. The summed E-state index contributed by atoms with van der Waals surface area (Å²) in [6.45, 7) is 0. The summed E-state index contributed by atoms with van der Waals surface area (Å²) >= 11 is 0. The smallest absolute Gasteiger partial charge is 0.147 e. The van der Waals surface area contributed by atoms with Gasteiger partial charge in [0.15, 0.2) is 0 Å². The maximum atomic E-state index is 5.59. The van der Waals surface area contributed by atoms with Crippen LogP contribution in [0.5, 0.6) is 0 Å². The molecule has 4 heteroatoms. The largest absolute Gasteiger partial charge is 0.359 e. The van der Waals surface area contributed by atoms with E-state index in [-0.39, 0.29) is 6.17 Å². The van der Waals surface area contributed by atoms with Crippen molar-refractivity contribution in [3.05, 3.63) is 205 Å². The van der Waals surface area contributed by atoms with Gasteiger partial charge in [-0.05, 0) is 93.5 Å². The van der Waals surface area contributed by atoms with Gasteiger partial charge in [-0.3, -0.25) is 4.57 Å². The molecule has 56 heavy (non-hydrogen) atoms. The van der Waals surface area contributed by atoms with Crippen molar-refractivity contribution in [1.82, 2.24) is 9.13 Å². The van der Waals surface area contributed by atoms with Gasteiger partial charge in [-0.15, -0.1) is 0 Å². The van der Waals surface area contributed by atoms with E-state index in [0.717, 1.165) is 33.7 Å². The Morgan fingerprint density at radius 3 is 1.68 bits per heavy atom. The van der Waals surface area contributed by atoms with E-state index in [1.807, 2.05) is 0 Å². The molecule has 1 aliphatic rings. The minimum absolute atomic E-state index is 0.270. The van der Waals surface area contributed by atoms with Crippen molar-refractivity contribution in [1.29, 1.82) is 0 Å². The van der Waals surface area contributed by atoms with Gasteiger partial charge >= 0.3 is 0 Å². The lowest BCUT2D eigenvalue weighted by molar-refractivity contribution is 0.822. The molecule has 4 nitrogen and oxygen atoms in total.